The summed E-state index contributed by atoms with van der Waals surface area (Å²) >= 11 is 0. The second-order valence-electron chi connectivity index (χ2n) is 8.10. The lowest BCUT2D eigenvalue weighted by Gasteiger charge is -2.26. The van der Waals surface area contributed by atoms with Gasteiger partial charge >= 0.3 is 0 Å². The molecule has 1 heterocycles. The number of hydrogen-bond donors (Lipinski definition) is 1. The van der Waals surface area contributed by atoms with Gasteiger partial charge in [0.2, 0.25) is 21.8 Å². The molecule has 2 amide bonds. The van der Waals surface area contributed by atoms with Gasteiger partial charge in [-0.05, 0) is 50.9 Å². The van der Waals surface area contributed by atoms with E-state index in [4.69, 9.17) is 4.74 Å². The molecule has 0 aliphatic carbocycles. The lowest BCUT2D eigenvalue weighted by molar-refractivity contribution is -0.130. The van der Waals surface area contributed by atoms with Crippen LogP contribution in [0.25, 0.3) is 0 Å². The maximum absolute atomic E-state index is 13.1. The van der Waals surface area contributed by atoms with Gasteiger partial charge in [0, 0.05) is 27.2 Å². The van der Waals surface area contributed by atoms with Crippen LogP contribution in [-0.2, 0) is 19.6 Å². The van der Waals surface area contributed by atoms with Crippen molar-refractivity contribution in [3.8, 4) is 5.75 Å². The van der Waals surface area contributed by atoms with Gasteiger partial charge in [-0.2, -0.15) is 4.31 Å². The van der Waals surface area contributed by atoms with Crippen molar-refractivity contribution >= 4 is 27.5 Å². The van der Waals surface area contributed by atoms with Crippen LogP contribution in [0.15, 0.2) is 23.1 Å². The Balaban J connectivity index is 2.21. The Labute approximate surface area is 191 Å². The summed E-state index contributed by atoms with van der Waals surface area (Å²) in [6.07, 6.45) is 3.51. The molecule has 1 fully saturated rings. The van der Waals surface area contributed by atoms with Crippen LogP contribution >= 0.6 is 0 Å². The molecule has 0 spiro atoms. The van der Waals surface area contributed by atoms with E-state index in [-0.39, 0.29) is 29.8 Å². The number of carbonyl (C=O) groups is 2. The Kier molecular flexibility index (Phi) is 9.92. The van der Waals surface area contributed by atoms with Gasteiger partial charge < -0.3 is 15.0 Å². The second kappa shape index (κ2) is 12.2. The molecule has 0 atom stereocenters. The number of nitrogens with one attached hydrogen (secondary N) is 1. The van der Waals surface area contributed by atoms with Crippen molar-refractivity contribution in [2.45, 2.75) is 44.4 Å². The van der Waals surface area contributed by atoms with Crippen LogP contribution in [0.2, 0.25) is 0 Å². The van der Waals surface area contributed by atoms with Crippen LogP contribution in [0.5, 0.6) is 5.75 Å². The Hall–Kier alpha value is -2.17. The summed E-state index contributed by atoms with van der Waals surface area (Å²) in [4.78, 5) is 28.2. The SMILES string of the molecule is CCCN(CC(=O)Nc1cc(S(=O)(=O)N2CCCCC2)ccc1OCC)CC(=O)N(C)C. The molecule has 0 aromatic heterocycles. The normalized spacial score (nSPS) is 14.9. The van der Waals surface area contributed by atoms with Crippen LogP contribution in [0.3, 0.4) is 0 Å². The third-order valence-electron chi connectivity index (χ3n) is 5.24. The van der Waals surface area contributed by atoms with E-state index in [0.29, 0.717) is 37.7 Å². The zero-order valence-electron chi connectivity index (χ0n) is 19.6. The lowest BCUT2D eigenvalue weighted by atomic mass is 10.2. The average Bonchev–Trinajstić information content (AvgIpc) is 2.75. The molecule has 32 heavy (non-hydrogen) atoms. The Morgan fingerprint density at radius 3 is 2.38 bits per heavy atom. The smallest absolute Gasteiger partial charge is 0.243 e. The van der Waals surface area contributed by atoms with E-state index in [9.17, 15) is 18.0 Å². The maximum atomic E-state index is 13.1. The molecule has 1 aliphatic heterocycles. The summed E-state index contributed by atoms with van der Waals surface area (Å²) in [5.41, 5.74) is 0.310. The zero-order valence-corrected chi connectivity index (χ0v) is 20.4. The Bertz CT molecular complexity index is 882. The first-order chi connectivity index (χ1) is 15.2. The molecular formula is C22H36N4O5S. The summed E-state index contributed by atoms with van der Waals surface area (Å²) in [7, 11) is -0.292. The molecule has 1 aliphatic rings. The predicted molar refractivity (Wildman–Crippen MR) is 124 cm³/mol. The van der Waals surface area contributed by atoms with Crippen molar-refractivity contribution < 1.29 is 22.7 Å². The molecule has 2 rings (SSSR count). The lowest BCUT2D eigenvalue weighted by Crippen LogP contribution is -2.41. The minimum atomic E-state index is -3.64. The van der Waals surface area contributed by atoms with E-state index >= 15 is 0 Å². The van der Waals surface area contributed by atoms with E-state index in [2.05, 4.69) is 5.32 Å². The fourth-order valence-corrected chi connectivity index (χ4v) is 5.10. The first-order valence-electron chi connectivity index (χ1n) is 11.2. The number of amides is 2. The fourth-order valence-electron chi connectivity index (χ4n) is 3.56. The minimum absolute atomic E-state index is 0.0160. The maximum Gasteiger partial charge on any atom is 0.243 e. The number of rotatable bonds is 11. The molecule has 180 valence electrons. The highest BCUT2D eigenvalue weighted by molar-refractivity contribution is 7.89. The standard InChI is InChI=1S/C22H36N4O5S/c1-5-12-25(17-22(28)24(3)4)16-21(27)23-19-15-18(10-11-20(19)31-6-2)32(29,30)26-13-8-7-9-14-26/h10-11,15H,5-9,12-14,16-17H2,1-4H3,(H,23,27). The van der Waals surface area contributed by atoms with Gasteiger partial charge in [0.05, 0.1) is 30.3 Å². The monoisotopic (exact) mass is 468 g/mol. The van der Waals surface area contributed by atoms with E-state index in [0.717, 1.165) is 25.7 Å². The van der Waals surface area contributed by atoms with Crippen LogP contribution in [0.4, 0.5) is 5.69 Å². The summed E-state index contributed by atoms with van der Waals surface area (Å²) in [5.74, 6) is -0.0146. The number of ether oxygens (including phenoxy) is 1. The molecule has 0 unspecified atom stereocenters. The van der Waals surface area contributed by atoms with E-state index in [1.54, 1.807) is 25.1 Å². The van der Waals surface area contributed by atoms with E-state index in [1.807, 2.05) is 13.8 Å². The number of likely N-dealkylation sites (N-methyl/N-ethyl adjacent to an activating group) is 1. The van der Waals surface area contributed by atoms with Gasteiger partial charge in [0.15, 0.2) is 0 Å². The highest BCUT2D eigenvalue weighted by atomic mass is 32.2. The molecule has 1 aromatic carbocycles. The van der Waals surface area contributed by atoms with Crippen LogP contribution in [-0.4, -0.2) is 87.8 Å². The number of benzene rings is 1. The van der Waals surface area contributed by atoms with Gasteiger partial charge in [-0.25, -0.2) is 8.42 Å². The van der Waals surface area contributed by atoms with Gasteiger partial charge in [0.1, 0.15) is 5.75 Å². The highest BCUT2D eigenvalue weighted by Crippen LogP contribution is 2.30. The largest absolute Gasteiger partial charge is 0.492 e. The molecule has 10 heteroatoms. The molecule has 1 aromatic rings. The second-order valence-corrected chi connectivity index (χ2v) is 10.0. The van der Waals surface area contributed by atoms with Crippen LogP contribution in [0, 0.1) is 0 Å². The van der Waals surface area contributed by atoms with Gasteiger partial charge in [0.25, 0.3) is 0 Å². The van der Waals surface area contributed by atoms with Crippen molar-refractivity contribution in [2.24, 2.45) is 0 Å². The molecular weight excluding hydrogens is 432 g/mol. The first kappa shape index (κ1) is 26.1. The van der Waals surface area contributed by atoms with Crippen molar-refractivity contribution in [2.75, 3.05) is 58.7 Å². The number of nitrogens with zero attached hydrogens (tertiary/aromatic N) is 3. The minimum Gasteiger partial charge on any atom is -0.492 e. The summed E-state index contributed by atoms with van der Waals surface area (Å²) in [6, 6.07) is 4.56. The van der Waals surface area contributed by atoms with Crippen molar-refractivity contribution in [1.82, 2.24) is 14.1 Å². The summed E-state index contributed by atoms with van der Waals surface area (Å²) in [5, 5.41) is 2.79. The fraction of sp³-hybridized carbons (Fsp3) is 0.636. The van der Waals surface area contributed by atoms with Crippen LogP contribution < -0.4 is 10.1 Å². The molecule has 0 bridgehead atoms. The van der Waals surface area contributed by atoms with E-state index < -0.39 is 10.0 Å². The Morgan fingerprint density at radius 2 is 1.78 bits per heavy atom. The number of carbonyl (C=O) groups excluding carboxylic acids is 2. The molecule has 0 saturated carbocycles. The third-order valence-corrected chi connectivity index (χ3v) is 7.14. The first-order valence-corrected chi connectivity index (χ1v) is 12.6. The number of sulfonamides is 1. The molecule has 0 radical (unpaired) electrons. The Morgan fingerprint density at radius 1 is 1.09 bits per heavy atom. The quantitative estimate of drug-likeness (QED) is 0.533. The zero-order chi connectivity index (χ0) is 23.7. The highest BCUT2D eigenvalue weighted by Gasteiger charge is 2.27. The predicted octanol–water partition coefficient (Wildman–Crippen LogP) is 2.00. The van der Waals surface area contributed by atoms with Gasteiger partial charge in [-0.1, -0.05) is 13.3 Å². The number of hydrogen-bond acceptors (Lipinski definition) is 6. The van der Waals surface area contributed by atoms with Crippen molar-refractivity contribution in [1.29, 1.82) is 0 Å². The van der Waals surface area contributed by atoms with Gasteiger partial charge in [-0.3, -0.25) is 14.5 Å². The van der Waals surface area contributed by atoms with Crippen molar-refractivity contribution in [3.05, 3.63) is 18.2 Å². The molecule has 1 N–H and O–H groups in total. The van der Waals surface area contributed by atoms with E-state index in [1.165, 1.54) is 21.3 Å². The van der Waals surface area contributed by atoms with Crippen molar-refractivity contribution in [3.63, 3.8) is 0 Å². The van der Waals surface area contributed by atoms with Crippen LogP contribution in [0.1, 0.15) is 39.5 Å². The molecule has 9 nitrogen and oxygen atoms in total. The number of piperidine rings is 1. The third kappa shape index (κ3) is 7.18. The topological polar surface area (TPSA) is 99.3 Å². The van der Waals surface area contributed by atoms with Gasteiger partial charge in [-0.15, -0.1) is 0 Å². The number of anilines is 1. The summed E-state index contributed by atoms with van der Waals surface area (Å²) < 4.78 is 33.2. The summed E-state index contributed by atoms with van der Waals surface area (Å²) in [6.45, 7) is 5.92. The molecule has 1 saturated heterocycles. The average molecular weight is 469 g/mol.